The van der Waals surface area contributed by atoms with Gasteiger partial charge in [-0.15, -0.1) is 0 Å². The van der Waals surface area contributed by atoms with Crippen LogP contribution >= 0.6 is 0 Å². The molecule has 0 spiro atoms. The van der Waals surface area contributed by atoms with Crippen molar-refractivity contribution >= 4 is 5.91 Å². The van der Waals surface area contributed by atoms with Crippen LogP contribution in [0.25, 0.3) is 0 Å². The third kappa shape index (κ3) is 6.71. The summed E-state index contributed by atoms with van der Waals surface area (Å²) in [5.74, 6) is 0.119. The van der Waals surface area contributed by atoms with Crippen molar-refractivity contribution in [2.75, 3.05) is 39.8 Å². The Balaban J connectivity index is 1.73. The fraction of sp³-hybridized carbons (Fsp3) is 0.632. The molecule has 2 rings (SSSR count). The molecule has 1 aliphatic heterocycles. The van der Waals surface area contributed by atoms with E-state index in [1.54, 1.807) is 0 Å². The lowest BCUT2D eigenvalue weighted by molar-refractivity contribution is -0.122. The van der Waals surface area contributed by atoms with E-state index in [9.17, 15) is 4.79 Å². The minimum absolute atomic E-state index is 0.119. The second-order valence-corrected chi connectivity index (χ2v) is 7.91. The zero-order valence-electron chi connectivity index (χ0n) is 15.1. The predicted octanol–water partition coefficient (Wildman–Crippen LogP) is 2.14. The molecule has 0 aliphatic carbocycles. The molecule has 0 saturated carbocycles. The van der Waals surface area contributed by atoms with E-state index in [0.717, 1.165) is 38.2 Å². The molecule has 1 N–H and O–H groups in total. The second kappa shape index (κ2) is 7.93. The van der Waals surface area contributed by atoms with Crippen LogP contribution in [0, 0.1) is 5.41 Å². The van der Waals surface area contributed by atoms with E-state index in [0.29, 0.717) is 18.5 Å². The number of benzene rings is 1. The summed E-state index contributed by atoms with van der Waals surface area (Å²) in [4.78, 5) is 16.6. The van der Waals surface area contributed by atoms with Crippen LogP contribution in [0.4, 0.5) is 0 Å². The Bertz CT molecular complexity index is 496. The summed E-state index contributed by atoms with van der Waals surface area (Å²) in [6.07, 6.45) is 1.07. The van der Waals surface area contributed by atoms with Gasteiger partial charge in [0.25, 0.3) is 0 Å². The standard InChI is InChI=1S/C19H31N3O/c1-19(2,3)13-16-5-7-17(8-6-16)14-20-18(23)15-22-11-9-21(4)10-12-22/h5-8H,9-15H2,1-4H3,(H,20,23). The van der Waals surface area contributed by atoms with Gasteiger partial charge >= 0.3 is 0 Å². The third-order valence-corrected chi connectivity index (χ3v) is 4.21. The summed E-state index contributed by atoms with van der Waals surface area (Å²) >= 11 is 0. The number of nitrogens with one attached hydrogen (secondary N) is 1. The van der Waals surface area contributed by atoms with Gasteiger partial charge in [-0.2, -0.15) is 0 Å². The molecule has 1 aliphatic rings. The molecule has 1 aromatic carbocycles. The number of carbonyl (C=O) groups is 1. The number of piperazine rings is 1. The lowest BCUT2D eigenvalue weighted by atomic mass is 9.88. The Labute approximate surface area is 140 Å². The number of carbonyl (C=O) groups excluding carboxylic acids is 1. The minimum Gasteiger partial charge on any atom is -0.351 e. The van der Waals surface area contributed by atoms with Gasteiger partial charge < -0.3 is 10.2 Å². The van der Waals surface area contributed by atoms with Gasteiger partial charge in [0.2, 0.25) is 5.91 Å². The average molecular weight is 317 g/mol. The van der Waals surface area contributed by atoms with E-state index in [4.69, 9.17) is 0 Å². The average Bonchev–Trinajstić information content (AvgIpc) is 2.47. The Morgan fingerprint density at radius 3 is 2.17 bits per heavy atom. The number of nitrogens with zero attached hydrogens (tertiary/aromatic N) is 2. The number of rotatable bonds is 5. The van der Waals surface area contributed by atoms with E-state index in [1.807, 2.05) is 0 Å². The van der Waals surface area contributed by atoms with Crippen molar-refractivity contribution in [3.63, 3.8) is 0 Å². The van der Waals surface area contributed by atoms with Crippen molar-refractivity contribution in [1.29, 1.82) is 0 Å². The molecule has 0 unspecified atom stereocenters. The molecule has 0 aromatic heterocycles. The number of likely N-dealkylation sites (N-methyl/N-ethyl adjacent to an activating group) is 1. The van der Waals surface area contributed by atoms with Crippen molar-refractivity contribution in [2.45, 2.75) is 33.7 Å². The molecule has 1 fully saturated rings. The van der Waals surface area contributed by atoms with Crippen molar-refractivity contribution in [1.82, 2.24) is 15.1 Å². The van der Waals surface area contributed by atoms with Crippen molar-refractivity contribution in [2.24, 2.45) is 5.41 Å². The van der Waals surface area contributed by atoms with Crippen LogP contribution in [0.1, 0.15) is 31.9 Å². The first kappa shape index (κ1) is 18.0. The fourth-order valence-corrected chi connectivity index (χ4v) is 2.85. The third-order valence-electron chi connectivity index (χ3n) is 4.21. The Morgan fingerprint density at radius 1 is 1.04 bits per heavy atom. The van der Waals surface area contributed by atoms with E-state index in [-0.39, 0.29) is 5.91 Å². The summed E-state index contributed by atoms with van der Waals surface area (Å²) in [5.41, 5.74) is 2.82. The summed E-state index contributed by atoms with van der Waals surface area (Å²) in [5, 5.41) is 3.03. The topological polar surface area (TPSA) is 35.6 Å². The molecule has 4 heteroatoms. The largest absolute Gasteiger partial charge is 0.351 e. The predicted molar refractivity (Wildman–Crippen MR) is 95.4 cm³/mol. The molecule has 4 nitrogen and oxygen atoms in total. The molecule has 1 saturated heterocycles. The maximum atomic E-state index is 12.1. The van der Waals surface area contributed by atoms with Gasteiger partial charge in [-0.05, 0) is 30.0 Å². The summed E-state index contributed by atoms with van der Waals surface area (Å²) in [7, 11) is 2.13. The van der Waals surface area contributed by atoms with Crippen molar-refractivity contribution < 1.29 is 4.79 Å². The minimum atomic E-state index is 0.119. The Morgan fingerprint density at radius 2 is 1.61 bits per heavy atom. The lowest BCUT2D eigenvalue weighted by Gasteiger charge is -2.31. The van der Waals surface area contributed by atoms with Gasteiger partial charge in [-0.1, -0.05) is 45.0 Å². The second-order valence-electron chi connectivity index (χ2n) is 7.91. The Hall–Kier alpha value is -1.39. The lowest BCUT2D eigenvalue weighted by Crippen LogP contribution is -2.48. The van der Waals surface area contributed by atoms with Crippen LogP contribution in [0.5, 0.6) is 0 Å². The highest BCUT2D eigenvalue weighted by atomic mass is 16.2. The number of amides is 1. The van der Waals surface area contributed by atoms with Gasteiger partial charge in [0.1, 0.15) is 0 Å². The van der Waals surface area contributed by atoms with Crippen LogP contribution in [-0.2, 0) is 17.8 Å². The van der Waals surface area contributed by atoms with Crippen LogP contribution in [-0.4, -0.2) is 55.5 Å². The van der Waals surface area contributed by atoms with Crippen LogP contribution in [0.3, 0.4) is 0 Å². The molecule has 128 valence electrons. The van der Waals surface area contributed by atoms with Gasteiger partial charge in [-0.3, -0.25) is 9.69 Å². The highest BCUT2D eigenvalue weighted by Crippen LogP contribution is 2.20. The smallest absolute Gasteiger partial charge is 0.234 e. The van der Waals surface area contributed by atoms with E-state index in [1.165, 1.54) is 5.56 Å². The first-order valence-electron chi connectivity index (χ1n) is 8.57. The van der Waals surface area contributed by atoms with Gasteiger partial charge in [-0.25, -0.2) is 0 Å². The van der Waals surface area contributed by atoms with Crippen LogP contribution in [0.15, 0.2) is 24.3 Å². The quantitative estimate of drug-likeness (QED) is 0.904. The molecule has 23 heavy (non-hydrogen) atoms. The van der Waals surface area contributed by atoms with Crippen molar-refractivity contribution in [3.05, 3.63) is 35.4 Å². The zero-order chi connectivity index (χ0) is 16.9. The molecule has 0 atom stereocenters. The van der Waals surface area contributed by atoms with Crippen LogP contribution < -0.4 is 5.32 Å². The van der Waals surface area contributed by atoms with Crippen LogP contribution in [0.2, 0.25) is 0 Å². The number of hydrogen-bond acceptors (Lipinski definition) is 3. The molecule has 0 bridgehead atoms. The normalized spacial score (nSPS) is 17.2. The highest BCUT2D eigenvalue weighted by molar-refractivity contribution is 5.78. The summed E-state index contributed by atoms with van der Waals surface area (Å²) < 4.78 is 0. The monoisotopic (exact) mass is 317 g/mol. The van der Waals surface area contributed by atoms with Crippen molar-refractivity contribution in [3.8, 4) is 0 Å². The van der Waals surface area contributed by atoms with Gasteiger partial charge in [0.15, 0.2) is 0 Å². The first-order chi connectivity index (χ1) is 10.8. The summed E-state index contributed by atoms with van der Waals surface area (Å²) in [6, 6.07) is 8.59. The van der Waals surface area contributed by atoms with E-state index in [2.05, 4.69) is 67.2 Å². The Kier molecular flexibility index (Phi) is 6.19. The van der Waals surface area contributed by atoms with Gasteiger partial charge in [0, 0.05) is 32.7 Å². The number of hydrogen-bond donors (Lipinski definition) is 1. The molecule has 1 amide bonds. The van der Waals surface area contributed by atoms with E-state index >= 15 is 0 Å². The maximum Gasteiger partial charge on any atom is 0.234 e. The highest BCUT2D eigenvalue weighted by Gasteiger charge is 2.16. The first-order valence-corrected chi connectivity index (χ1v) is 8.57. The molecule has 1 heterocycles. The van der Waals surface area contributed by atoms with E-state index < -0.39 is 0 Å². The zero-order valence-corrected chi connectivity index (χ0v) is 15.1. The molecular weight excluding hydrogens is 286 g/mol. The molecule has 1 aromatic rings. The van der Waals surface area contributed by atoms with Gasteiger partial charge in [0.05, 0.1) is 6.54 Å². The SMILES string of the molecule is CN1CCN(CC(=O)NCc2ccc(CC(C)(C)C)cc2)CC1. The molecular formula is C19H31N3O. The maximum absolute atomic E-state index is 12.1. The molecule has 0 radical (unpaired) electrons. The fourth-order valence-electron chi connectivity index (χ4n) is 2.85. The summed E-state index contributed by atoms with van der Waals surface area (Å²) in [6.45, 7) is 11.9.